The maximum absolute atomic E-state index is 12.0. The number of aryl methyl sites for hydroxylation is 1. The third-order valence-electron chi connectivity index (χ3n) is 3.88. The normalized spacial score (nSPS) is 10.3. The minimum atomic E-state index is -0.308. The van der Waals surface area contributed by atoms with Crippen molar-refractivity contribution in [3.63, 3.8) is 0 Å². The van der Waals surface area contributed by atoms with Crippen molar-refractivity contribution in [3.05, 3.63) is 88.7 Å². The third kappa shape index (κ3) is 5.72. The van der Waals surface area contributed by atoms with E-state index in [1.54, 1.807) is 24.5 Å². The molecule has 0 aliphatic carbocycles. The number of nitrogens with one attached hydrogen (secondary N) is 2. The zero-order chi connectivity index (χ0) is 19.1. The summed E-state index contributed by atoms with van der Waals surface area (Å²) in [6.07, 6.45) is 3.51. The number of carbonyl (C=O) groups is 1. The summed E-state index contributed by atoms with van der Waals surface area (Å²) in [6.45, 7) is 2.81. The molecule has 2 amide bonds. The van der Waals surface area contributed by atoms with E-state index >= 15 is 0 Å². The highest BCUT2D eigenvalue weighted by atomic mass is 35.5. The third-order valence-corrected chi connectivity index (χ3v) is 4.19. The van der Waals surface area contributed by atoms with Crippen LogP contribution in [0.3, 0.4) is 0 Å². The molecule has 5 nitrogen and oxygen atoms in total. The zero-order valence-corrected chi connectivity index (χ0v) is 15.7. The highest BCUT2D eigenvalue weighted by Gasteiger charge is 2.06. The van der Waals surface area contributed by atoms with Crippen molar-refractivity contribution < 1.29 is 9.53 Å². The molecule has 3 aromatic rings. The van der Waals surface area contributed by atoms with Gasteiger partial charge in [0.05, 0.1) is 10.7 Å². The Bertz CT molecular complexity index is 899. The number of ether oxygens (including phenoxy) is 1. The smallest absolute Gasteiger partial charge is 0.319 e. The van der Waals surface area contributed by atoms with Crippen LogP contribution < -0.4 is 15.4 Å². The van der Waals surface area contributed by atoms with Crippen LogP contribution >= 0.6 is 11.6 Å². The van der Waals surface area contributed by atoms with Gasteiger partial charge in [-0.15, -0.1) is 0 Å². The number of hydrogen-bond acceptors (Lipinski definition) is 3. The average Bonchev–Trinajstić information content (AvgIpc) is 2.68. The van der Waals surface area contributed by atoms with Gasteiger partial charge < -0.3 is 15.4 Å². The number of hydrogen-bond donors (Lipinski definition) is 2. The number of aromatic nitrogens is 1. The fraction of sp³-hybridized carbons (Fsp3) is 0.143. The number of halogens is 1. The number of amides is 2. The number of nitrogens with zero attached hydrogens (tertiary/aromatic N) is 1. The lowest BCUT2D eigenvalue weighted by atomic mass is 10.2. The number of carbonyl (C=O) groups excluding carboxylic acids is 1. The first-order chi connectivity index (χ1) is 13.1. The quantitative estimate of drug-likeness (QED) is 0.635. The molecule has 0 aliphatic heterocycles. The highest BCUT2D eigenvalue weighted by Crippen LogP contribution is 2.22. The Hall–Kier alpha value is -3.05. The van der Waals surface area contributed by atoms with E-state index in [0.717, 1.165) is 22.4 Å². The maximum atomic E-state index is 12.0. The highest BCUT2D eigenvalue weighted by molar-refractivity contribution is 6.33. The first-order valence-corrected chi connectivity index (χ1v) is 8.89. The van der Waals surface area contributed by atoms with Crippen LogP contribution in [0.25, 0.3) is 0 Å². The Labute approximate surface area is 163 Å². The molecule has 0 spiro atoms. The summed E-state index contributed by atoms with van der Waals surface area (Å²) in [5.74, 6) is 0.762. The number of rotatable bonds is 6. The van der Waals surface area contributed by atoms with Crippen molar-refractivity contribution >= 4 is 23.3 Å². The van der Waals surface area contributed by atoms with E-state index in [4.69, 9.17) is 16.3 Å². The molecule has 0 radical (unpaired) electrons. The number of anilines is 1. The molecule has 0 saturated heterocycles. The molecule has 0 saturated carbocycles. The first-order valence-electron chi connectivity index (χ1n) is 8.52. The molecule has 1 aromatic heterocycles. The number of benzene rings is 2. The minimum Gasteiger partial charge on any atom is -0.489 e. The van der Waals surface area contributed by atoms with Crippen molar-refractivity contribution in [2.24, 2.45) is 0 Å². The summed E-state index contributed by atoms with van der Waals surface area (Å²) >= 11 is 6.12. The lowest BCUT2D eigenvalue weighted by Gasteiger charge is -2.10. The standard InChI is InChI=1S/C21H20ClN3O2/c1-15-4-9-20(19(22)11-15)25-21(26)24-13-16-5-7-18(8-6-16)27-14-17-3-2-10-23-12-17/h2-12H,13-14H2,1H3,(H2,24,25,26). The van der Waals surface area contributed by atoms with E-state index in [1.165, 1.54) is 0 Å². The molecular weight excluding hydrogens is 362 g/mol. The molecule has 2 aromatic carbocycles. The predicted octanol–water partition coefficient (Wildman–Crippen LogP) is 4.94. The molecule has 3 rings (SSSR count). The van der Waals surface area contributed by atoms with Gasteiger partial charge in [-0.05, 0) is 48.4 Å². The van der Waals surface area contributed by atoms with Crippen LogP contribution in [0.4, 0.5) is 10.5 Å². The van der Waals surface area contributed by atoms with Crippen LogP contribution in [0, 0.1) is 6.92 Å². The first kappa shape index (κ1) is 18.7. The van der Waals surface area contributed by atoms with Gasteiger partial charge >= 0.3 is 6.03 Å². The second-order valence-corrected chi connectivity index (χ2v) is 6.49. The van der Waals surface area contributed by atoms with Gasteiger partial charge in [-0.1, -0.05) is 35.9 Å². The maximum Gasteiger partial charge on any atom is 0.319 e. The van der Waals surface area contributed by atoms with E-state index in [1.807, 2.05) is 49.4 Å². The molecule has 1 heterocycles. The Morgan fingerprint density at radius 1 is 1.11 bits per heavy atom. The van der Waals surface area contributed by atoms with Gasteiger partial charge in [-0.25, -0.2) is 4.79 Å². The second kappa shape index (κ2) is 9.05. The summed E-state index contributed by atoms with van der Waals surface area (Å²) in [5, 5.41) is 6.07. The molecule has 0 fully saturated rings. The van der Waals surface area contributed by atoms with Crippen molar-refractivity contribution in [2.45, 2.75) is 20.1 Å². The molecule has 0 atom stereocenters. The lowest BCUT2D eigenvalue weighted by Crippen LogP contribution is -2.28. The van der Waals surface area contributed by atoms with Crippen molar-refractivity contribution in [3.8, 4) is 5.75 Å². The van der Waals surface area contributed by atoms with Crippen molar-refractivity contribution in [1.29, 1.82) is 0 Å². The van der Waals surface area contributed by atoms with E-state index in [2.05, 4.69) is 15.6 Å². The van der Waals surface area contributed by atoms with Crippen LogP contribution in [-0.2, 0) is 13.2 Å². The van der Waals surface area contributed by atoms with Gasteiger partial charge in [-0.3, -0.25) is 4.98 Å². The van der Waals surface area contributed by atoms with Crippen LogP contribution in [0.5, 0.6) is 5.75 Å². The van der Waals surface area contributed by atoms with Gasteiger partial charge in [0, 0.05) is 24.5 Å². The molecule has 0 bridgehead atoms. The lowest BCUT2D eigenvalue weighted by molar-refractivity contribution is 0.251. The zero-order valence-electron chi connectivity index (χ0n) is 14.9. The van der Waals surface area contributed by atoms with Crippen LogP contribution in [0.2, 0.25) is 5.02 Å². The topological polar surface area (TPSA) is 63.2 Å². The van der Waals surface area contributed by atoms with Crippen LogP contribution in [-0.4, -0.2) is 11.0 Å². The monoisotopic (exact) mass is 381 g/mol. The van der Waals surface area contributed by atoms with Gasteiger partial charge in [0.1, 0.15) is 12.4 Å². The van der Waals surface area contributed by atoms with Crippen molar-refractivity contribution in [2.75, 3.05) is 5.32 Å². The van der Waals surface area contributed by atoms with E-state index in [9.17, 15) is 4.79 Å². The summed E-state index contributed by atoms with van der Waals surface area (Å²) in [4.78, 5) is 16.1. The molecule has 2 N–H and O–H groups in total. The Kier molecular flexibility index (Phi) is 6.28. The fourth-order valence-corrected chi connectivity index (χ4v) is 2.71. The predicted molar refractivity (Wildman–Crippen MR) is 107 cm³/mol. The van der Waals surface area contributed by atoms with Crippen molar-refractivity contribution in [1.82, 2.24) is 10.3 Å². The minimum absolute atomic E-state index is 0.308. The SMILES string of the molecule is Cc1ccc(NC(=O)NCc2ccc(OCc3cccnc3)cc2)c(Cl)c1. The van der Waals surface area contributed by atoms with Gasteiger partial charge in [0.2, 0.25) is 0 Å². The number of pyridine rings is 1. The van der Waals surface area contributed by atoms with Gasteiger partial charge in [0.25, 0.3) is 0 Å². The second-order valence-electron chi connectivity index (χ2n) is 6.08. The molecule has 0 aliphatic rings. The van der Waals surface area contributed by atoms with Crippen LogP contribution in [0.15, 0.2) is 67.0 Å². The Morgan fingerprint density at radius 3 is 2.63 bits per heavy atom. The van der Waals surface area contributed by atoms with Gasteiger partial charge in [0.15, 0.2) is 0 Å². The van der Waals surface area contributed by atoms with Crippen LogP contribution in [0.1, 0.15) is 16.7 Å². The molecule has 27 heavy (non-hydrogen) atoms. The summed E-state index contributed by atoms with van der Waals surface area (Å²) in [6, 6.07) is 16.6. The summed E-state index contributed by atoms with van der Waals surface area (Å²) in [7, 11) is 0. The molecule has 138 valence electrons. The molecule has 0 unspecified atom stereocenters. The summed E-state index contributed by atoms with van der Waals surface area (Å²) < 4.78 is 5.72. The van der Waals surface area contributed by atoms with E-state index in [-0.39, 0.29) is 6.03 Å². The number of urea groups is 1. The van der Waals surface area contributed by atoms with Gasteiger partial charge in [-0.2, -0.15) is 0 Å². The molecule has 6 heteroatoms. The van der Waals surface area contributed by atoms with E-state index in [0.29, 0.717) is 23.9 Å². The van der Waals surface area contributed by atoms with E-state index < -0.39 is 0 Å². The summed E-state index contributed by atoms with van der Waals surface area (Å²) in [5.41, 5.74) is 3.60. The largest absolute Gasteiger partial charge is 0.489 e. The molecular formula is C21H20ClN3O2. The Morgan fingerprint density at radius 2 is 1.93 bits per heavy atom. The average molecular weight is 382 g/mol. The Balaban J connectivity index is 1.47. The fourth-order valence-electron chi connectivity index (χ4n) is 2.42.